The van der Waals surface area contributed by atoms with Crippen LogP contribution in [-0.2, 0) is 5.54 Å². The maximum Gasteiger partial charge on any atom is 0.254 e. The van der Waals surface area contributed by atoms with E-state index in [4.69, 9.17) is 5.73 Å². The lowest BCUT2D eigenvalue weighted by molar-refractivity contribution is 0.0940. The van der Waals surface area contributed by atoms with Crippen molar-refractivity contribution in [1.82, 2.24) is 14.7 Å². The molecule has 2 aromatic rings. The number of nitrogens with two attached hydrogens (primary N) is 1. The minimum Gasteiger partial charge on any atom is -0.365 e. The molecule has 0 atom stereocenters. The maximum atomic E-state index is 12.0. The van der Waals surface area contributed by atoms with Gasteiger partial charge >= 0.3 is 0 Å². The molecule has 1 aliphatic rings. The van der Waals surface area contributed by atoms with Gasteiger partial charge < -0.3 is 16.0 Å². The van der Waals surface area contributed by atoms with Crippen molar-refractivity contribution in [3.8, 4) is 6.07 Å². The fourth-order valence-electron chi connectivity index (χ4n) is 3.85. The van der Waals surface area contributed by atoms with Gasteiger partial charge in [0.2, 0.25) is 0 Å². The number of nitriles is 1. The topological polar surface area (TPSA) is 100.0 Å². The molecule has 1 aliphatic heterocycles. The fraction of sp³-hybridized carbons (Fsp3) is 0.476. The first-order chi connectivity index (χ1) is 13.4. The molecule has 0 bridgehead atoms. The third-order valence-corrected chi connectivity index (χ3v) is 5.32. The van der Waals surface area contributed by atoms with Gasteiger partial charge in [0, 0.05) is 31.5 Å². The Morgan fingerprint density at radius 3 is 2.57 bits per heavy atom. The van der Waals surface area contributed by atoms with Crippen molar-refractivity contribution in [3.63, 3.8) is 0 Å². The van der Waals surface area contributed by atoms with Crippen LogP contribution in [0.5, 0.6) is 0 Å². The van der Waals surface area contributed by atoms with Gasteiger partial charge in [-0.3, -0.25) is 9.48 Å². The summed E-state index contributed by atoms with van der Waals surface area (Å²) < 4.78 is 1.80. The molecule has 28 heavy (non-hydrogen) atoms. The quantitative estimate of drug-likeness (QED) is 0.769. The number of hydrogen-bond acceptors (Lipinski definition) is 5. The van der Waals surface area contributed by atoms with Crippen LogP contribution in [0.2, 0.25) is 0 Å². The number of nitrogens with zero attached hydrogens (tertiary/aromatic N) is 4. The van der Waals surface area contributed by atoms with Gasteiger partial charge in [-0.25, -0.2) is 0 Å². The van der Waals surface area contributed by atoms with Gasteiger partial charge in [0.1, 0.15) is 5.56 Å². The van der Waals surface area contributed by atoms with Crippen LogP contribution in [0.15, 0.2) is 36.5 Å². The fourth-order valence-corrected chi connectivity index (χ4v) is 3.85. The van der Waals surface area contributed by atoms with Crippen molar-refractivity contribution in [3.05, 3.63) is 42.1 Å². The molecule has 7 heteroatoms. The van der Waals surface area contributed by atoms with Gasteiger partial charge in [0.25, 0.3) is 5.91 Å². The molecular weight excluding hydrogens is 352 g/mol. The summed E-state index contributed by atoms with van der Waals surface area (Å²) in [5, 5.41) is 17.3. The summed E-state index contributed by atoms with van der Waals surface area (Å²) in [6, 6.07) is 11.9. The summed E-state index contributed by atoms with van der Waals surface area (Å²) in [4.78, 5) is 14.4. The van der Waals surface area contributed by atoms with E-state index in [-0.39, 0.29) is 0 Å². The lowest BCUT2D eigenvalue weighted by Gasteiger charge is -2.41. The Morgan fingerprint density at radius 1 is 1.32 bits per heavy atom. The van der Waals surface area contributed by atoms with E-state index in [9.17, 15) is 10.1 Å². The average molecular weight is 380 g/mol. The molecule has 2 heterocycles. The molecule has 0 unspecified atom stereocenters. The number of rotatable bonds is 7. The second kappa shape index (κ2) is 8.44. The average Bonchev–Trinajstić information content (AvgIpc) is 3.09. The molecule has 1 aromatic heterocycles. The third kappa shape index (κ3) is 4.34. The molecule has 1 fully saturated rings. The number of likely N-dealkylation sites (tertiary alicyclic amines) is 1. The number of carbonyl (C=O) groups excluding carboxylic acids is 1. The van der Waals surface area contributed by atoms with Crippen LogP contribution in [0.4, 0.5) is 11.5 Å². The first kappa shape index (κ1) is 19.9. The Hall–Kier alpha value is -2.85. The molecule has 0 saturated carbocycles. The Bertz CT molecular complexity index is 844. The SMILES string of the molecule is CC(C)CN1CCC(CC#N)(n2cc(C(N)=O)c(Nc3ccccc3)n2)CC1. The van der Waals surface area contributed by atoms with Crippen LogP contribution >= 0.6 is 0 Å². The van der Waals surface area contributed by atoms with Crippen molar-refractivity contribution in [2.45, 2.75) is 38.6 Å². The van der Waals surface area contributed by atoms with Crippen molar-refractivity contribution in [2.24, 2.45) is 11.7 Å². The van der Waals surface area contributed by atoms with E-state index < -0.39 is 11.4 Å². The highest BCUT2D eigenvalue weighted by atomic mass is 16.1. The first-order valence-corrected chi connectivity index (χ1v) is 9.75. The van der Waals surface area contributed by atoms with Crippen molar-refractivity contribution in [2.75, 3.05) is 25.0 Å². The minimum atomic E-state index is -0.533. The van der Waals surface area contributed by atoms with E-state index in [1.54, 1.807) is 10.9 Å². The van der Waals surface area contributed by atoms with Crippen molar-refractivity contribution in [1.29, 1.82) is 5.26 Å². The number of amides is 1. The van der Waals surface area contributed by atoms with Crippen LogP contribution < -0.4 is 11.1 Å². The van der Waals surface area contributed by atoms with E-state index in [2.05, 4.69) is 35.2 Å². The number of nitrogens with one attached hydrogen (secondary N) is 1. The summed E-state index contributed by atoms with van der Waals surface area (Å²) in [5.74, 6) is 0.506. The summed E-state index contributed by atoms with van der Waals surface area (Å²) in [6.07, 6.45) is 3.69. The van der Waals surface area contributed by atoms with E-state index in [0.29, 0.717) is 23.7 Å². The van der Waals surface area contributed by atoms with Gasteiger partial charge in [0.05, 0.1) is 18.0 Å². The zero-order valence-electron chi connectivity index (χ0n) is 16.6. The monoisotopic (exact) mass is 380 g/mol. The second-order valence-corrected chi connectivity index (χ2v) is 7.94. The van der Waals surface area contributed by atoms with E-state index in [1.807, 2.05) is 30.3 Å². The van der Waals surface area contributed by atoms with Crippen LogP contribution in [0.3, 0.4) is 0 Å². The number of benzene rings is 1. The lowest BCUT2D eigenvalue weighted by Crippen LogP contribution is -2.47. The molecule has 1 amide bonds. The van der Waals surface area contributed by atoms with Crippen LogP contribution in [0.25, 0.3) is 0 Å². The Balaban J connectivity index is 1.88. The Morgan fingerprint density at radius 2 is 2.00 bits per heavy atom. The molecule has 3 N–H and O–H groups in total. The molecule has 148 valence electrons. The van der Waals surface area contributed by atoms with E-state index >= 15 is 0 Å². The summed E-state index contributed by atoms with van der Waals surface area (Å²) >= 11 is 0. The third-order valence-electron chi connectivity index (χ3n) is 5.32. The van der Waals surface area contributed by atoms with E-state index in [0.717, 1.165) is 38.2 Å². The highest BCUT2D eigenvalue weighted by Crippen LogP contribution is 2.35. The van der Waals surface area contributed by atoms with Crippen LogP contribution in [0.1, 0.15) is 43.5 Å². The second-order valence-electron chi connectivity index (χ2n) is 7.94. The number of hydrogen-bond donors (Lipinski definition) is 2. The standard InChI is InChI=1S/C21H28N6O/c1-16(2)14-26-12-9-21(8-11-22,10-13-26)27-15-18(19(23)28)20(25-27)24-17-6-4-3-5-7-17/h3-7,15-16H,8-10,12-14H2,1-2H3,(H2,23,28)(H,24,25). The van der Waals surface area contributed by atoms with Gasteiger partial charge in [-0.2, -0.15) is 10.4 Å². The molecule has 1 saturated heterocycles. The predicted molar refractivity (Wildman–Crippen MR) is 109 cm³/mol. The van der Waals surface area contributed by atoms with Gasteiger partial charge in [-0.1, -0.05) is 32.0 Å². The highest BCUT2D eigenvalue weighted by Gasteiger charge is 2.38. The smallest absolute Gasteiger partial charge is 0.254 e. The number of piperidine rings is 1. The van der Waals surface area contributed by atoms with Crippen molar-refractivity contribution < 1.29 is 4.79 Å². The zero-order valence-corrected chi connectivity index (χ0v) is 16.6. The summed E-state index contributed by atoms with van der Waals surface area (Å²) in [7, 11) is 0. The summed E-state index contributed by atoms with van der Waals surface area (Å²) in [5.41, 5.74) is 6.35. The van der Waals surface area contributed by atoms with E-state index in [1.165, 1.54) is 0 Å². The minimum absolute atomic E-state index is 0.339. The molecule has 0 radical (unpaired) electrons. The molecular formula is C21H28N6O. The van der Waals surface area contributed by atoms with Crippen LogP contribution in [-0.4, -0.2) is 40.2 Å². The molecule has 0 aliphatic carbocycles. The van der Waals surface area contributed by atoms with Crippen LogP contribution in [0, 0.1) is 17.2 Å². The number of carbonyl (C=O) groups is 1. The molecule has 3 rings (SSSR count). The number of para-hydroxylation sites is 1. The molecule has 7 nitrogen and oxygen atoms in total. The lowest BCUT2D eigenvalue weighted by atomic mass is 9.84. The van der Waals surface area contributed by atoms with Gasteiger partial charge in [-0.05, 0) is 30.9 Å². The van der Waals surface area contributed by atoms with Gasteiger partial charge in [0.15, 0.2) is 5.82 Å². The maximum absolute atomic E-state index is 12.0. The number of aromatic nitrogens is 2. The Kier molecular flexibility index (Phi) is 6.00. The zero-order chi connectivity index (χ0) is 20.1. The first-order valence-electron chi connectivity index (χ1n) is 9.75. The highest BCUT2D eigenvalue weighted by molar-refractivity contribution is 5.98. The largest absolute Gasteiger partial charge is 0.365 e. The normalized spacial score (nSPS) is 16.6. The van der Waals surface area contributed by atoms with Crippen molar-refractivity contribution >= 4 is 17.4 Å². The Labute approximate surface area is 166 Å². The number of anilines is 2. The molecule has 1 aromatic carbocycles. The number of primary amides is 1. The predicted octanol–water partition coefficient (Wildman–Crippen LogP) is 3.09. The van der Waals surface area contributed by atoms with Gasteiger partial charge in [-0.15, -0.1) is 0 Å². The molecule has 0 spiro atoms. The summed E-state index contributed by atoms with van der Waals surface area (Å²) in [6.45, 7) is 7.30.